The zero-order chi connectivity index (χ0) is 14.2. The van der Waals surface area contributed by atoms with Gasteiger partial charge in [0.15, 0.2) is 0 Å². The number of Topliss-reactive ketones (excluding diaryl/α,β-unsaturated/α-hetero) is 1. The van der Waals surface area contributed by atoms with Gasteiger partial charge in [-0.1, -0.05) is 24.3 Å². The van der Waals surface area contributed by atoms with Crippen LogP contribution in [0.5, 0.6) is 0 Å². The van der Waals surface area contributed by atoms with E-state index in [1.165, 1.54) is 0 Å². The molecule has 0 bridgehead atoms. The minimum absolute atomic E-state index is 0.0541. The first-order valence-electron chi connectivity index (χ1n) is 7.12. The summed E-state index contributed by atoms with van der Waals surface area (Å²) in [7, 11) is -3.38. The molecule has 2 aliphatic rings. The van der Waals surface area contributed by atoms with Crippen LogP contribution in [0.25, 0.3) is 0 Å². The number of sulfone groups is 1. The van der Waals surface area contributed by atoms with E-state index >= 15 is 0 Å². The third kappa shape index (κ3) is 2.33. The lowest BCUT2D eigenvalue weighted by Gasteiger charge is -2.32. The first kappa shape index (κ1) is 13.6. The van der Waals surface area contributed by atoms with E-state index in [4.69, 9.17) is 0 Å². The summed E-state index contributed by atoms with van der Waals surface area (Å²) in [5.74, 6) is 0.491. The number of hydrogen-bond acceptors (Lipinski definition) is 3. The summed E-state index contributed by atoms with van der Waals surface area (Å²) in [6.07, 6.45) is 5.51. The Kier molecular flexibility index (Phi) is 3.50. The van der Waals surface area contributed by atoms with Crippen LogP contribution in [-0.2, 0) is 14.6 Å². The number of hydrogen-bond donors (Lipinski definition) is 0. The molecule has 4 heteroatoms. The highest BCUT2D eigenvalue weighted by atomic mass is 32.2. The summed E-state index contributed by atoms with van der Waals surface area (Å²) in [5.41, 5.74) is 0. The Morgan fingerprint density at radius 2 is 1.75 bits per heavy atom. The predicted molar refractivity (Wildman–Crippen MR) is 76.8 cm³/mol. The van der Waals surface area contributed by atoms with Crippen LogP contribution in [0, 0.1) is 11.8 Å². The molecule has 0 aliphatic heterocycles. The number of ketones is 1. The average Bonchev–Trinajstić information content (AvgIpc) is 2.48. The van der Waals surface area contributed by atoms with Gasteiger partial charge >= 0.3 is 0 Å². The van der Waals surface area contributed by atoms with E-state index in [2.05, 4.69) is 0 Å². The molecule has 1 aromatic carbocycles. The number of carbonyl (C=O) groups excluding carboxylic acids is 1. The van der Waals surface area contributed by atoms with Crippen molar-refractivity contribution in [2.75, 3.05) is 0 Å². The molecule has 0 spiro atoms. The van der Waals surface area contributed by atoms with Gasteiger partial charge in [-0.3, -0.25) is 4.79 Å². The monoisotopic (exact) mass is 290 g/mol. The normalized spacial score (nSPS) is 26.8. The molecule has 1 aromatic rings. The van der Waals surface area contributed by atoms with Gasteiger partial charge < -0.3 is 0 Å². The maximum Gasteiger partial charge on any atom is 0.202 e. The fraction of sp³-hybridized carbons (Fsp3) is 0.438. The van der Waals surface area contributed by atoms with Crippen LogP contribution < -0.4 is 0 Å². The molecule has 2 atom stereocenters. The molecular formula is C16H18O3S. The third-order valence-corrected chi connectivity index (χ3v) is 6.31. The van der Waals surface area contributed by atoms with Crippen LogP contribution in [0.2, 0.25) is 0 Å². The van der Waals surface area contributed by atoms with Crippen molar-refractivity contribution in [2.24, 2.45) is 11.8 Å². The minimum Gasteiger partial charge on any atom is -0.299 e. The second-order valence-corrected chi connectivity index (χ2v) is 7.62. The standard InChI is InChI=1S/C16H18O3S/c17-16-8-4-5-12-11-14(9-10-15(12)16)20(18,19)13-6-2-1-3-7-13/h1-3,6-7,11-12,15H,4-5,8-10H2. The Labute approximate surface area is 119 Å². The fourth-order valence-corrected chi connectivity index (χ4v) is 4.87. The molecule has 0 heterocycles. The SMILES string of the molecule is O=C1CCCC2C=C(S(=O)(=O)c3ccccc3)CCC12. The maximum atomic E-state index is 12.6. The Balaban J connectivity index is 1.94. The number of allylic oxidation sites excluding steroid dienone is 2. The van der Waals surface area contributed by atoms with E-state index in [-0.39, 0.29) is 11.8 Å². The van der Waals surface area contributed by atoms with Crippen molar-refractivity contribution in [1.82, 2.24) is 0 Å². The second kappa shape index (κ2) is 5.17. The van der Waals surface area contributed by atoms with E-state index in [1.54, 1.807) is 24.3 Å². The average molecular weight is 290 g/mol. The molecule has 2 aliphatic carbocycles. The lowest BCUT2D eigenvalue weighted by atomic mass is 9.73. The van der Waals surface area contributed by atoms with Crippen molar-refractivity contribution < 1.29 is 13.2 Å². The summed E-state index contributed by atoms with van der Waals surface area (Å²) in [6, 6.07) is 8.55. The molecule has 106 valence electrons. The lowest BCUT2D eigenvalue weighted by molar-refractivity contribution is -0.126. The van der Waals surface area contributed by atoms with Gasteiger partial charge in [0.1, 0.15) is 5.78 Å². The van der Waals surface area contributed by atoms with Gasteiger partial charge in [0.05, 0.1) is 4.90 Å². The lowest BCUT2D eigenvalue weighted by Crippen LogP contribution is -2.30. The quantitative estimate of drug-likeness (QED) is 0.841. The molecule has 1 fully saturated rings. The van der Waals surface area contributed by atoms with E-state index in [0.29, 0.717) is 34.8 Å². The summed E-state index contributed by atoms with van der Waals surface area (Å²) in [4.78, 5) is 12.7. The molecule has 0 N–H and O–H groups in total. The molecular weight excluding hydrogens is 272 g/mol. The summed E-state index contributed by atoms with van der Waals surface area (Å²) in [6.45, 7) is 0. The van der Waals surface area contributed by atoms with Crippen molar-refractivity contribution in [3.8, 4) is 0 Å². The zero-order valence-electron chi connectivity index (χ0n) is 11.3. The van der Waals surface area contributed by atoms with Gasteiger partial charge in [0, 0.05) is 17.2 Å². The van der Waals surface area contributed by atoms with Gasteiger partial charge in [0.2, 0.25) is 9.84 Å². The first-order chi connectivity index (χ1) is 9.59. The zero-order valence-corrected chi connectivity index (χ0v) is 12.1. The van der Waals surface area contributed by atoms with Crippen LogP contribution in [0.15, 0.2) is 46.2 Å². The fourth-order valence-electron chi connectivity index (χ4n) is 3.31. The molecule has 0 saturated heterocycles. The van der Waals surface area contributed by atoms with E-state index < -0.39 is 9.84 Å². The third-order valence-electron chi connectivity index (χ3n) is 4.39. The predicted octanol–water partition coefficient (Wildman–Crippen LogP) is 3.12. The number of fused-ring (bicyclic) bond motifs is 1. The van der Waals surface area contributed by atoms with Gasteiger partial charge in [-0.25, -0.2) is 8.42 Å². The highest BCUT2D eigenvalue weighted by molar-refractivity contribution is 7.95. The molecule has 20 heavy (non-hydrogen) atoms. The van der Waals surface area contributed by atoms with Gasteiger partial charge in [-0.2, -0.15) is 0 Å². The maximum absolute atomic E-state index is 12.6. The van der Waals surface area contributed by atoms with Crippen LogP contribution in [0.3, 0.4) is 0 Å². The molecule has 3 rings (SSSR count). The summed E-state index contributed by atoms with van der Waals surface area (Å²) in [5, 5.41) is 0. The van der Waals surface area contributed by atoms with Crippen LogP contribution >= 0.6 is 0 Å². The molecule has 3 nitrogen and oxygen atoms in total. The Morgan fingerprint density at radius 1 is 1.00 bits per heavy atom. The van der Waals surface area contributed by atoms with Crippen molar-refractivity contribution in [3.63, 3.8) is 0 Å². The van der Waals surface area contributed by atoms with Crippen molar-refractivity contribution in [3.05, 3.63) is 41.3 Å². The van der Waals surface area contributed by atoms with Crippen LogP contribution in [-0.4, -0.2) is 14.2 Å². The van der Waals surface area contributed by atoms with Crippen molar-refractivity contribution >= 4 is 15.6 Å². The Hall–Kier alpha value is -1.42. The molecule has 0 aromatic heterocycles. The van der Waals surface area contributed by atoms with Gasteiger partial charge in [-0.15, -0.1) is 0 Å². The van der Waals surface area contributed by atoms with Gasteiger partial charge in [-0.05, 0) is 43.7 Å². The van der Waals surface area contributed by atoms with E-state index in [1.807, 2.05) is 12.1 Å². The van der Waals surface area contributed by atoms with Crippen molar-refractivity contribution in [2.45, 2.75) is 37.0 Å². The summed E-state index contributed by atoms with van der Waals surface area (Å²) >= 11 is 0. The van der Waals surface area contributed by atoms with Crippen LogP contribution in [0.1, 0.15) is 32.1 Å². The smallest absolute Gasteiger partial charge is 0.202 e. The van der Waals surface area contributed by atoms with E-state index in [0.717, 1.165) is 12.8 Å². The number of benzene rings is 1. The molecule has 0 amide bonds. The van der Waals surface area contributed by atoms with Crippen molar-refractivity contribution in [1.29, 1.82) is 0 Å². The Bertz CT molecular complexity index is 644. The molecule has 1 saturated carbocycles. The largest absolute Gasteiger partial charge is 0.299 e. The minimum atomic E-state index is -3.38. The first-order valence-corrected chi connectivity index (χ1v) is 8.61. The second-order valence-electron chi connectivity index (χ2n) is 5.62. The highest BCUT2D eigenvalue weighted by Crippen LogP contribution is 2.39. The topological polar surface area (TPSA) is 51.2 Å². The number of carbonyl (C=O) groups is 1. The molecule has 0 radical (unpaired) electrons. The summed E-state index contributed by atoms with van der Waals surface area (Å²) < 4.78 is 25.2. The highest BCUT2D eigenvalue weighted by Gasteiger charge is 2.36. The molecule has 2 unspecified atom stereocenters. The van der Waals surface area contributed by atoms with E-state index in [9.17, 15) is 13.2 Å². The van der Waals surface area contributed by atoms with Gasteiger partial charge in [0.25, 0.3) is 0 Å². The van der Waals surface area contributed by atoms with Crippen LogP contribution in [0.4, 0.5) is 0 Å². The Morgan fingerprint density at radius 3 is 2.50 bits per heavy atom. The number of rotatable bonds is 2.